The highest BCUT2D eigenvalue weighted by molar-refractivity contribution is 5.40. The van der Waals surface area contributed by atoms with E-state index in [0.717, 1.165) is 75.7 Å². The standard InChI is InChI=1S/C21H35N3O4/c1-22-9-11-24(12-10-22)14-17-13-20(27-2)3-4-21(17)28-16-19(26)15-23-7-5-18(25)6-8-23/h3-4,13,18-19,25-26H,5-12,14-16H2,1-2H3/t19-/m1/s1. The molecule has 0 unspecified atom stereocenters. The average Bonchev–Trinajstić information content (AvgIpc) is 2.70. The normalized spacial score (nSPS) is 21.6. The van der Waals surface area contributed by atoms with Crippen LogP contribution in [0, 0.1) is 0 Å². The Kier molecular flexibility index (Phi) is 7.93. The van der Waals surface area contributed by atoms with Gasteiger partial charge in [-0.3, -0.25) is 4.90 Å². The number of piperidine rings is 1. The molecule has 2 aliphatic rings. The second-order valence-corrected chi connectivity index (χ2v) is 8.05. The van der Waals surface area contributed by atoms with Gasteiger partial charge in [0, 0.05) is 57.9 Å². The molecule has 0 spiro atoms. The highest BCUT2D eigenvalue weighted by Crippen LogP contribution is 2.26. The molecule has 158 valence electrons. The van der Waals surface area contributed by atoms with E-state index in [-0.39, 0.29) is 12.7 Å². The third-order valence-electron chi connectivity index (χ3n) is 5.71. The molecule has 0 aromatic heterocycles. The highest BCUT2D eigenvalue weighted by Gasteiger charge is 2.20. The summed E-state index contributed by atoms with van der Waals surface area (Å²) in [5, 5.41) is 20.0. The molecule has 1 aromatic rings. The van der Waals surface area contributed by atoms with E-state index in [4.69, 9.17) is 9.47 Å². The first-order valence-corrected chi connectivity index (χ1v) is 10.3. The predicted molar refractivity (Wildman–Crippen MR) is 109 cm³/mol. The van der Waals surface area contributed by atoms with Crippen molar-refractivity contribution in [3.05, 3.63) is 23.8 Å². The van der Waals surface area contributed by atoms with E-state index in [0.29, 0.717) is 6.54 Å². The minimum Gasteiger partial charge on any atom is -0.497 e. The molecule has 2 fully saturated rings. The van der Waals surface area contributed by atoms with Crippen molar-refractivity contribution in [1.82, 2.24) is 14.7 Å². The molecule has 0 radical (unpaired) electrons. The molecular weight excluding hydrogens is 358 g/mol. The first-order valence-electron chi connectivity index (χ1n) is 10.3. The number of likely N-dealkylation sites (N-methyl/N-ethyl adjacent to an activating group) is 1. The zero-order valence-corrected chi connectivity index (χ0v) is 17.2. The summed E-state index contributed by atoms with van der Waals surface area (Å²) in [7, 11) is 3.83. The van der Waals surface area contributed by atoms with Crippen LogP contribution in [-0.4, -0.2) is 104 Å². The van der Waals surface area contributed by atoms with Gasteiger partial charge in [0.2, 0.25) is 0 Å². The van der Waals surface area contributed by atoms with Crippen molar-refractivity contribution in [2.24, 2.45) is 0 Å². The topological polar surface area (TPSA) is 68.6 Å². The summed E-state index contributed by atoms with van der Waals surface area (Å²) in [6.07, 6.45) is 0.817. The van der Waals surface area contributed by atoms with Gasteiger partial charge in [-0.15, -0.1) is 0 Å². The van der Waals surface area contributed by atoms with Crippen molar-refractivity contribution in [2.45, 2.75) is 31.6 Å². The molecule has 0 aliphatic carbocycles. The number of ether oxygens (including phenoxy) is 2. The molecule has 0 amide bonds. The molecule has 2 aliphatic heterocycles. The number of piperazine rings is 1. The molecule has 3 rings (SSSR count). The summed E-state index contributed by atoms with van der Waals surface area (Å²) < 4.78 is 11.4. The van der Waals surface area contributed by atoms with Gasteiger partial charge in [-0.05, 0) is 38.1 Å². The Morgan fingerprint density at radius 2 is 1.79 bits per heavy atom. The number of aliphatic hydroxyl groups excluding tert-OH is 2. The molecule has 1 atom stereocenters. The second kappa shape index (κ2) is 10.4. The third kappa shape index (κ3) is 6.32. The summed E-state index contributed by atoms with van der Waals surface area (Å²) in [5.41, 5.74) is 1.09. The molecule has 1 aromatic carbocycles. The van der Waals surface area contributed by atoms with Gasteiger partial charge in [0.15, 0.2) is 0 Å². The minimum absolute atomic E-state index is 0.193. The Labute approximate surface area is 168 Å². The molecule has 2 N–H and O–H groups in total. The van der Waals surface area contributed by atoms with Crippen molar-refractivity contribution < 1.29 is 19.7 Å². The van der Waals surface area contributed by atoms with E-state index < -0.39 is 6.10 Å². The molecule has 0 bridgehead atoms. The number of benzene rings is 1. The summed E-state index contributed by atoms with van der Waals surface area (Å²) >= 11 is 0. The molecule has 7 nitrogen and oxygen atoms in total. The highest BCUT2D eigenvalue weighted by atomic mass is 16.5. The Morgan fingerprint density at radius 3 is 2.46 bits per heavy atom. The van der Waals surface area contributed by atoms with E-state index in [1.807, 2.05) is 18.2 Å². The van der Waals surface area contributed by atoms with Gasteiger partial charge in [-0.1, -0.05) is 0 Å². The van der Waals surface area contributed by atoms with E-state index in [9.17, 15) is 10.2 Å². The van der Waals surface area contributed by atoms with Crippen molar-refractivity contribution >= 4 is 0 Å². The van der Waals surface area contributed by atoms with E-state index in [2.05, 4.69) is 21.7 Å². The fourth-order valence-electron chi connectivity index (χ4n) is 3.83. The number of hydrogen-bond acceptors (Lipinski definition) is 7. The van der Waals surface area contributed by atoms with Gasteiger partial charge < -0.3 is 29.5 Å². The zero-order valence-electron chi connectivity index (χ0n) is 17.2. The lowest BCUT2D eigenvalue weighted by Gasteiger charge is -2.33. The fourth-order valence-corrected chi connectivity index (χ4v) is 3.83. The van der Waals surface area contributed by atoms with Crippen LogP contribution in [0.4, 0.5) is 0 Å². The number of nitrogens with zero attached hydrogens (tertiary/aromatic N) is 3. The lowest BCUT2D eigenvalue weighted by atomic mass is 10.1. The summed E-state index contributed by atoms with van der Waals surface area (Å²) in [6, 6.07) is 5.88. The van der Waals surface area contributed by atoms with Crippen LogP contribution in [0.15, 0.2) is 18.2 Å². The van der Waals surface area contributed by atoms with Gasteiger partial charge in [0.1, 0.15) is 24.2 Å². The number of rotatable bonds is 8. The number of β-amino-alcohol motifs (C(OH)–C–C–N with tert-alkyl or cyclic N) is 1. The maximum absolute atomic E-state index is 10.4. The Bertz CT molecular complexity index is 599. The Morgan fingerprint density at radius 1 is 1.07 bits per heavy atom. The molecule has 2 heterocycles. The minimum atomic E-state index is -0.547. The van der Waals surface area contributed by atoms with Crippen molar-refractivity contribution in [3.63, 3.8) is 0 Å². The van der Waals surface area contributed by atoms with Crippen LogP contribution in [0.3, 0.4) is 0 Å². The summed E-state index contributed by atoms with van der Waals surface area (Å²) in [6.45, 7) is 7.54. The van der Waals surface area contributed by atoms with Crippen LogP contribution >= 0.6 is 0 Å². The van der Waals surface area contributed by atoms with Gasteiger partial charge in [0.05, 0.1) is 13.2 Å². The van der Waals surface area contributed by atoms with Crippen LogP contribution in [0.5, 0.6) is 11.5 Å². The van der Waals surface area contributed by atoms with Crippen molar-refractivity contribution in [2.75, 3.05) is 66.6 Å². The summed E-state index contributed by atoms with van der Waals surface area (Å²) in [4.78, 5) is 6.96. The molecule has 7 heteroatoms. The van der Waals surface area contributed by atoms with Crippen LogP contribution in [-0.2, 0) is 6.54 Å². The zero-order chi connectivity index (χ0) is 19.9. The second-order valence-electron chi connectivity index (χ2n) is 8.05. The lowest BCUT2D eigenvalue weighted by Crippen LogP contribution is -2.44. The van der Waals surface area contributed by atoms with Crippen LogP contribution in [0.2, 0.25) is 0 Å². The van der Waals surface area contributed by atoms with E-state index in [1.54, 1.807) is 7.11 Å². The average molecular weight is 394 g/mol. The van der Waals surface area contributed by atoms with Crippen molar-refractivity contribution in [1.29, 1.82) is 0 Å². The Hall–Kier alpha value is -1.38. The number of methoxy groups -OCH3 is 1. The first-order chi connectivity index (χ1) is 13.5. The smallest absolute Gasteiger partial charge is 0.124 e. The molecule has 28 heavy (non-hydrogen) atoms. The third-order valence-corrected chi connectivity index (χ3v) is 5.71. The summed E-state index contributed by atoms with van der Waals surface area (Å²) in [5.74, 6) is 1.64. The maximum Gasteiger partial charge on any atom is 0.124 e. The van der Waals surface area contributed by atoms with Crippen LogP contribution in [0.25, 0.3) is 0 Å². The van der Waals surface area contributed by atoms with Crippen molar-refractivity contribution in [3.8, 4) is 11.5 Å². The van der Waals surface area contributed by atoms with E-state index >= 15 is 0 Å². The maximum atomic E-state index is 10.4. The quantitative estimate of drug-likeness (QED) is 0.672. The number of aliphatic hydroxyl groups is 2. The van der Waals surface area contributed by atoms with Gasteiger partial charge in [0.25, 0.3) is 0 Å². The lowest BCUT2D eigenvalue weighted by molar-refractivity contribution is 0.0334. The molecule has 0 saturated carbocycles. The monoisotopic (exact) mass is 393 g/mol. The number of likely N-dealkylation sites (tertiary alicyclic amines) is 1. The first kappa shape index (κ1) is 21.3. The van der Waals surface area contributed by atoms with Gasteiger partial charge >= 0.3 is 0 Å². The van der Waals surface area contributed by atoms with Gasteiger partial charge in [-0.2, -0.15) is 0 Å². The molecular formula is C21H35N3O4. The SMILES string of the molecule is COc1ccc(OC[C@H](O)CN2CCC(O)CC2)c(CN2CCN(C)CC2)c1. The molecule has 2 saturated heterocycles. The largest absolute Gasteiger partial charge is 0.497 e. The van der Waals surface area contributed by atoms with E-state index in [1.165, 1.54) is 0 Å². The fraction of sp³-hybridized carbons (Fsp3) is 0.714. The van der Waals surface area contributed by atoms with Crippen LogP contribution in [0.1, 0.15) is 18.4 Å². The van der Waals surface area contributed by atoms with Crippen LogP contribution < -0.4 is 9.47 Å². The Balaban J connectivity index is 1.54. The number of hydrogen-bond donors (Lipinski definition) is 2. The predicted octanol–water partition coefficient (Wildman–Crippen LogP) is 0.639. The van der Waals surface area contributed by atoms with Gasteiger partial charge in [-0.25, -0.2) is 0 Å².